The average molecular weight is 410 g/mol. The number of nitrogens with one attached hydrogen (secondary N) is 1. The Hall–Kier alpha value is -1.96. The number of carbonyl (C=O) groups is 1. The van der Waals surface area contributed by atoms with Crippen LogP contribution < -0.4 is 5.32 Å². The van der Waals surface area contributed by atoms with Crippen molar-refractivity contribution in [2.45, 2.75) is 20.8 Å². The summed E-state index contributed by atoms with van der Waals surface area (Å²) in [6, 6.07) is 8.40. The quantitative estimate of drug-likeness (QED) is 0.464. The lowest BCUT2D eigenvalue weighted by Gasteiger charge is -2.12. The number of hydrogen-bond donors (Lipinski definition) is 1. The number of hydrogen-bond acceptors (Lipinski definition) is 3. The van der Waals surface area contributed by atoms with Crippen molar-refractivity contribution in [1.82, 2.24) is 0 Å². The molecule has 0 bridgehead atoms. The van der Waals surface area contributed by atoms with Gasteiger partial charge in [0.15, 0.2) is 0 Å². The van der Waals surface area contributed by atoms with Crippen LogP contribution in [-0.4, -0.2) is 10.8 Å². The molecule has 2 rings (SSSR count). The summed E-state index contributed by atoms with van der Waals surface area (Å²) in [5.41, 5.74) is 3.36. The highest BCUT2D eigenvalue weighted by molar-refractivity contribution is 14.1. The van der Waals surface area contributed by atoms with Crippen LogP contribution in [0, 0.1) is 34.5 Å². The van der Waals surface area contributed by atoms with E-state index in [4.69, 9.17) is 0 Å². The lowest BCUT2D eigenvalue weighted by molar-refractivity contribution is -0.385. The topological polar surface area (TPSA) is 72.2 Å². The molecule has 114 valence electrons. The van der Waals surface area contributed by atoms with E-state index in [1.807, 2.05) is 26.0 Å². The maximum Gasteiger partial charge on any atom is 0.273 e. The molecule has 0 atom stereocenters. The highest BCUT2D eigenvalue weighted by Gasteiger charge is 2.18. The van der Waals surface area contributed by atoms with Gasteiger partial charge in [-0.3, -0.25) is 14.9 Å². The fourth-order valence-electron chi connectivity index (χ4n) is 2.17. The normalized spacial score (nSPS) is 10.4. The number of rotatable bonds is 3. The summed E-state index contributed by atoms with van der Waals surface area (Å²) < 4.78 is 1.12. The van der Waals surface area contributed by atoms with E-state index in [1.54, 1.807) is 13.0 Å². The number of benzene rings is 2. The van der Waals surface area contributed by atoms with Crippen molar-refractivity contribution in [2.75, 3.05) is 5.32 Å². The molecule has 2 aromatic rings. The molecule has 6 heteroatoms. The van der Waals surface area contributed by atoms with Crippen molar-refractivity contribution in [3.05, 3.63) is 66.3 Å². The van der Waals surface area contributed by atoms with E-state index < -0.39 is 4.92 Å². The first-order valence-corrected chi connectivity index (χ1v) is 7.71. The Morgan fingerprint density at radius 3 is 2.50 bits per heavy atom. The Kier molecular flexibility index (Phi) is 4.80. The van der Waals surface area contributed by atoms with E-state index in [-0.39, 0.29) is 11.6 Å². The van der Waals surface area contributed by atoms with Crippen LogP contribution in [0.3, 0.4) is 0 Å². The minimum absolute atomic E-state index is 0.0526. The zero-order valence-electron chi connectivity index (χ0n) is 12.4. The zero-order valence-corrected chi connectivity index (χ0v) is 14.6. The third-order valence-electron chi connectivity index (χ3n) is 3.50. The summed E-state index contributed by atoms with van der Waals surface area (Å²) in [7, 11) is 0. The van der Waals surface area contributed by atoms with Crippen LogP contribution in [0.15, 0.2) is 30.3 Å². The van der Waals surface area contributed by atoms with Gasteiger partial charge >= 0.3 is 0 Å². The Labute approximate surface area is 142 Å². The first-order chi connectivity index (χ1) is 10.3. The molecule has 5 nitrogen and oxygen atoms in total. The van der Waals surface area contributed by atoms with E-state index in [0.717, 1.165) is 14.7 Å². The molecule has 0 aliphatic carbocycles. The van der Waals surface area contributed by atoms with Gasteiger partial charge in [0.25, 0.3) is 11.6 Å². The molecule has 22 heavy (non-hydrogen) atoms. The van der Waals surface area contributed by atoms with Gasteiger partial charge < -0.3 is 5.32 Å². The number of nitro benzene ring substituents is 1. The predicted molar refractivity (Wildman–Crippen MR) is 94.4 cm³/mol. The first-order valence-electron chi connectivity index (χ1n) is 6.63. The van der Waals surface area contributed by atoms with Gasteiger partial charge in [-0.2, -0.15) is 0 Å². The summed E-state index contributed by atoms with van der Waals surface area (Å²) >= 11 is 2.24. The second-order valence-electron chi connectivity index (χ2n) is 5.08. The molecule has 0 saturated heterocycles. The van der Waals surface area contributed by atoms with Gasteiger partial charge in [0, 0.05) is 26.5 Å². The zero-order chi connectivity index (χ0) is 16.4. The highest BCUT2D eigenvalue weighted by Crippen LogP contribution is 2.25. The molecule has 2 aromatic carbocycles. The minimum Gasteiger partial charge on any atom is -0.322 e. The summed E-state index contributed by atoms with van der Waals surface area (Å²) in [5.74, 6) is -0.343. The molecule has 1 N–H and O–H groups in total. The van der Waals surface area contributed by atoms with Gasteiger partial charge in [-0.15, -0.1) is 0 Å². The average Bonchev–Trinajstić information content (AvgIpc) is 2.44. The van der Waals surface area contributed by atoms with Gasteiger partial charge in [0.1, 0.15) is 0 Å². The molecular weight excluding hydrogens is 395 g/mol. The van der Waals surface area contributed by atoms with E-state index in [9.17, 15) is 14.9 Å². The molecular formula is C16H15IN2O3. The number of nitro groups is 1. The van der Waals surface area contributed by atoms with Crippen molar-refractivity contribution >= 4 is 39.9 Å². The van der Waals surface area contributed by atoms with Gasteiger partial charge in [-0.1, -0.05) is 6.07 Å². The predicted octanol–water partition coefficient (Wildman–Crippen LogP) is 4.38. The van der Waals surface area contributed by atoms with E-state index >= 15 is 0 Å². The summed E-state index contributed by atoms with van der Waals surface area (Å²) in [5, 5.41) is 13.8. The fraction of sp³-hybridized carbons (Fsp3) is 0.188. The second-order valence-corrected chi connectivity index (χ2v) is 6.24. The van der Waals surface area contributed by atoms with Gasteiger partial charge in [-0.05, 0) is 72.7 Å². The Bertz CT molecular complexity index is 772. The van der Waals surface area contributed by atoms with E-state index in [0.29, 0.717) is 16.8 Å². The number of aryl methyl sites for hydroxylation is 2. The Morgan fingerprint density at radius 2 is 1.86 bits per heavy atom. The van der Waals surface area contributed by atoms with Crippen molar-refractivity contribution in [3.8, 4) is 0 Å². The number of amides is 1. The van der Waals surface area contributed by atoms with Crippen LogP contribution in [0.1, 0.15) is 27.0 Å². The molecule has 0 unspecified atom stereocenters. The maximum atomic E-state index is 12.4. The fourth-order valence-corrected chi connectivity index (χ4v) is 2.80. The SMILES string of the molecule is Cc1cc(NC(=O)c2cccc([N+](=O)[O-])c2C)c(C)cc1I. The van der Waals surface area contributed by atoms with Crippen molar-refractivity contribution < 1.29 is 9.72 Å². The lowest BCUT2D eigenvalue weighted by atomic mass is 10.1. The molecule has 0 aliphatic rings. The molecule has 0 spiro atoms. The Morgan fingerprint density at radius 1 is 1.18 bits per heavy atom. The van der Waals surface area contributed by atoms with Crippen molar-refractivity contribution in [3.63, 3.8) is 0 Å². The minimum atomic E-state index is -0.480. The molecule has 1 amide bonds. The van der Waals surface area contributed by atoms with Crippen LogP contribution in [0.2, 0.25) is 0 Å². The number of anilines is 1. The molecule has 0 fully saturated rings. The van der Waals surface area contributed by atoms with Crippen molar-refractivity contribution in [2.24, 2.45) is 0 Å². The maximum absolute atomic E-state index is 12.4. The third-order valence-corrected chi connectivity index (χ3v) is 4.66. The molecule has 0 aliphatic heterocycles. The smallest absolute Gasteiger partial charge is 0.273 e. The van der Waals surface area contributed by atoms with Crippen LogP contribution >= 0.6 is 22.6 Å². The first kappa shape index (κ1) is 16.4. The van der Waals surface area contributed by atoms with Gasteiger partial charge in [-0.25, -0.2) is 0 Å². The van der Waals surface area contributed by atoms with Gasteiger partial charge in [0.05, 0.1) is 4.92 Å². The number of nitrogens with zero attached hydrogens (tertiary/aromatic N) is 1. The van der Waals surface area contributed by atoms with Gasteiger partial charge in [0.2, 0.25) is 0 Å². The highest BCUT2D eigenvalue weighted by atomic mass is 127. The van der Waals surface area contributed by atoms with Crippen LogP contribution in [0.25, 0.3) is 0 Å². The summed E-state index contributed by atoms with van der Waals surface area (Å²) in [4.78, 5) is 22.9. The Balaban J connectivity index is 2.36. The van der Waals surface area contributed by atoms with E-state index in [2.05, 4.69) is 27.9 Å². The number of carbonyl (C=O) groups excluding carboxylic acids is 1. The molecule has 0 aromatic heterocycles. The third kappa shape index (κ3) is 3.27. The standard InChI is InChI=1S/C16H15IN2O3/c1-9-8-14(10(2)7-13(9)17)18-16(20)12-5-4-6-15(11(12)3)19(21)22/h4-8H,1-3H3,(H,18,20). The monoisotopic (exact) mass is 410 g/mol. The van der Waals surface area contributed by atoms with Crippen LogP contribution in [0.5, 0.6) is 0 Å². The largest absolute Gasteiger partial charge is 0.322 e. The lowest BCUT2D eigenvalue weighted by Crippen LogP contribution is -2.15. The number of halogens is 1. The summed E-state index contributed by atoms with van der Waals surface area (Å²) in [6.45, 7) is 5.46. The second kappa shape index (κ2) is 6.43. The molecule has 0 radical (unpaired) electrons. The van der Waals surface area contributed by atoms with Crippen molar-refractivity contribution in [1.29, 1.82) is 0 Å². The molecule has 0 heterocycles. The molecule has 0 saturated carbocycles. The summed E-state index contributed by atoms with van der Waals surface area (Å²) in [6.07, 6.45) is 0. The van der Waals surface area contributed by atoms with Crippen LogP contribution in [0.4, 0.5) is 11.4 Å². The van der Waals surface area contributed by atoms with E-state index in [1.165, 1.54) is 12.1 Å². The van der Waals surface area contributed by atoms with Crippen LogP contribution in [-0.2, 0) is 0 Å².